The van der Waals surface area contributed by atoms with Crippen molar-refractivity contribution in [3.8, 4) is 0 Å². The van der Waals surface area contributed by atoms with E-state index in [-0.39, 0.29) is 11.5 Å². The molecule has 1 aliphatic carbocycles. The van der Waals surface area contributed by atoms with Gasteiger partial charge in [-0.2, -0.15) is 0 Å². The third-order valence-electron chi connectivity index (χ3n) is 2.67. The third kappa shape index (κ3) is 1.25. The molecule has 0 spiro atoms. The molecule has 1 heterocycles. The van der Waals surface area contributed by atoms with Gasteiger partial charge in [0.1, 0.15) is 11.4 Å². The van der Waals surface area contributed by atoms with Crippen LogP contribution in [0, 0.1) is 0 Å². The van der Waals surface area contributed by atoms with Gasteiger partial charge in [0.2, 0.25) is 0 Å². The smallest absolute Gasteiger partial charge is 0.182 e. The van der Waals surface area contributed by atoms with Gasteiger partial charge in [-0.05, 0) is 19.8 Å². The molecule has 0 N–H and O–H groups in total. The highest BCUT2D eigenvalue weighted by Crippen LogP contribution is 2.40. The second-order valence-electron chi connectivity index (χ2n) is 3.94. The Hall–Kier alpha value is -1.19. The van der Waals surface area contributed by atoms with Gasteiger partial charge in [-0.3, -0.25) is 4.79 Å². The standard InChI is InChI=1S/C10H12FNO2/c1-6(13)9-8-7(14-12-9)4-3-5-10(8,2)11/h3-5H2,1-2H3. The van der Waals surface area contributed by atoms with Crippen LogP contribution in [0.5, 0.6) is 0 Å². The van der Waals surface area contributed by atoms with Gasteiger partial charge in [-0.1, -0.05) is 5.16 Å². The summed E-state index contributed by atoms with van der Waals surface area (Å²) in [5.41, 5.74) is -0.935. The second-order valence-corrected chi connectivity index (χ2v) is 3.94. The molecule has 0 amide bonds. The van der Waals surface area contributed by atoms with Gasteiger partial charge >= 0.3 is 0 Å². The monoisotopic (exact) mass is 197 g/mol. The number of carbonyl (C=O) groups is 1. The van der Waals surface area contributed by atoms with Gasteiger partial charge in [-0.15, -0.1) is 0 Å². The largest absolute Gasteiger partial charge is 0.360 e. The Labute approximate surface area is 81.3 Å². The molecular weight excluding hydrogens is 185 g/mol. The number of ketones is 1. The van der Waals surface area contributed by atoms with Gasteiger partial charge in [-0.25, -0.2) is 4.39 Å². The first-order chi connectivity index (χ1) is 6.52. The van der Waals surface area contributed by atoms with E-state index in [1.165, 1.54) is 13.8 Å². The first-order valence-corrected chi connectivity index (χ1v) is 4.71. The Balaban J connectivity index is 2.58. The minimum Gasteiger partial charge on any atom is -0.360 e. The van der Waals surface area contributed by atoms with Gasteiger partial charge in [0.05, 0.1) is 5.56 Å². The molecule has 4 heteroatoms. The number of Topliss-reactive ketones (excluding diaryl/α,β-unsaturated/α-hetero) is 1. The van der Waals surface area contributed by atoms with Crippen LogP contribution in [0.3, 0.4) is 0 Å². The van der Waals surface area contributed by atoms with E-state index in [9.17, 15) is 9.18 Å². The highest BCUT2D eigenvalue weighted by molar-refractivity contribution is 5.94. The molecule has 0 saturated carbocycles. The van der Waals surface area contributed by atoms with Crippen molar-refractivity contribution in [2.24, 2.45) is 0 Å². The molecule has 0 saturated heterocycles. The lowest BCUT2D eigenvalue weighted by atomic mass is 9.84. The van der Waals surface area contributed by atoms with E-state index in [0.717, 1.165) is 6.42 Å². The Morgan fingerprint density at radius 2 is 2.36 bits per heavy atom. The molecule has 76 valence electrons. The van der Waals surface area contributed by atoms with Crippen molar-refractivity contribution < 1.29 is 13.7 Å². The minimum absolute atomic E-state index is 0.157. The van der Waals surface area contributed by atoms with Crippen molar-refractivity contribution in [3.05, 3.63) is 17.0 Å². The molecule has 3 nitrogen and oxygen atoms in total. The van der Waals surface area contributed by atoms with Crippen molar-refractivity contribution in [3.63, 3.8) is 0 Å². The molecule has 0 radical (unpaired) electrons. The average molecular weight is 197 g/mol. The lowest BCUT2D eigenvalue weighted by molar-refractivity contribution is 0.0994. The van der Waals surface area contributed by atoms with Crippen LogP contribution in [0.15, 0.2) is 4.52 Å². The number of carbonyl (C=O) groups excluding carboxylic acids is 1. The quantitative estimate of drug-likeness (QED) is 0.649. The predicted molar refractivity (Wildman–Crippen MR) is 47.9 cm³/mol. The summed E-state index contributed by atoms with van der Waals surface area (Å²) in [7, 11) is 0. The highest BCUT2D eigenvalue weighted by Gasteiger charge is 2.39. The van der Waals surface area contributed by atoms with Crippen molar-refractivity contribution in [1.29, 1.82) is 0 Å². The fourth-order valence-corrected chi connectivity index (χ4v) is 1.98. The molecule has 0 aromatic carbocycles. The lowest BCUT2D eigenvalue weighted by Crippen LogP contribution is -2.23. The van der Waals surface area contributed by atoms with Crippen LogP contribution in [-0.4, -0.2) is 10.9 Å². The van der Waals surface area contributed by atoms with Crippen LogP contribution < -0.4 is 0 Å². The van der Waals surface area contributed by atoms with Crippen molar-refractivity contribution in [2.45, 2.75) is 38.8 Å². The van der Waals surface area contributed by atoms with Crippen molar-refractivity contribution in [1.82, 2.24) is 5.16 Å². The number of alkyl halides is 1. The normalized spacial score (nSPS) is 25.9. The van der Waals surface area contributed by atoms with Crippen LogP contribution in [0.2, 0.25) is 0 Å². The fraction of sp³-hybridized carbons (Fsp3) is 0.600. The average Bonchev–Trinajstić information content (AvgIpc) is 2.48. The highest BCUT2D eigenvalue weighted by atomic mass is 19.1. The third-order valence-corrected chi connectivity index (χ3v) is 2.67. The van der Waals surface area contributed by atoms with Gasteiger partial charge in [0.25, 0.3) is 0 Å². The summed E-state index contributed by atoms with van der Waals surface area (Å²) < 4.78 is 19.0. The van der Waals surface area contributed by atoms with E-state index >= 15 is 0 Å². The van der Waals surface area contributed by atoms with Crippen molar-refractivity contribution >= 4 is 5.78 Å². The van der Waals surface area contributed by atoms with Crippen LogP contribution in [0.4, 0.5) is 4.39 Å². The molecule has 1 unspecified atom stereocenters. The Kier molecular flexibility index (Phi) is 1.94. The van der Waals surface area contributed by atoms with Gasteiger partial charge < -0.3 is 4.52 Å². The topological polar surface area (TPSA) is 43.1 Å². The number of hydrogen-bond acceptors (Lipinski definition) is 3. The summed E-state index contributed by atoms with van der Waals surface area (Å²) in [4.78, 5) is 11.2. The van der Waals surface area contributed by atoms with E-state index in [0.29, 0.717) is 24.2 Å². The number of rotatable bonds is 1. The van der Waals surface area contributed by atoms with E-state index in [1.807, 2.05) is 0 Å². The zero-order valence-electron chi connectivity index (χ0n) is 8.26. The lowest BCUT2D eigenvalue weighted by Gasteiger charge is -2.24. The molecule has 1 aromatic heterocycles. The van der Waals surface area contributed by atoms with Crippen LogP contribution >= 0.6 is 0 Å². The summed E-state index contributed by atoms with van der Waals surface area (Å²) in [6, 6.07) is 0. The van der Waals surface area contributed by atoms with Crippen LogP contribution in [0.1, 0.15) is 48.5 Å². The number of halogens is 1. The van der Waals surface area contributed by atoms with Gasteiger partial charge in [0, 0.05) is 13.3 Å². The first kappa shape index (κ1) is 9.37. The van der Waals surface area contributed by atoms with Crippen molar-refractivity contribution in [2.75, 3.05) is 0 Å². The molecule has 1 atom stereocenters. The van der Waals surface area contributed by atoms with Crippen LogP contribution in [-0.2, 0) is 12.1 Å². The number of aryl methyl sites for hydroxylation is 1. The maximum Gasteiger partial charge on any atom is 0.182 e. The molecule has 0 aliphatic heterocycles. The number of nitrogens with zero attached hydrogens (tertiary/aromatic N) is 1. The van der Waals surface area contributed by atoms with Crippen LogP contribution in [0.25, 0.3) is 0 Å². The zero-order chi connectivity index (χ0) is 10.3. The maximum absolute atomic E-state index is 14.1. The summed E-state index contributed by atoms with van der Waals surface area (Å²) in [5.74, 6) is 0.298. The molecular formula is C10H12FNO2. The Morgan fingerprint density at radius 1 is 1.64 bits per heavy atom. The maximum atomic E-state index is 14.1. The van der Waals surface area contributed by atoms with E-state index < -0.39 is 5.67 Å². The molecule has 14 heavy (non-hydrogen) atoms. The molecule has 1 aromatic rings. The molecule has 0 bridgehead atoms. The SMILES string of the molecule is CC(=O)c1noc2c1C(C)(F)CCC2. The van der Waals surface area contributed by atoms with E-state index in [2.05, 4.69) is 5.16 Å². The van der Waals surface area contributed by atoms with E-state index in [4.69, 9.17) is 4.52 Å². The molecule has 0 fully saturated rings. The Bertz CT molecular complexity index is 381. The fourth-order valence-electron chi connectivity index (χ4n) is 1.98. The zero-order valence-corrected chi connectivity index (χ0v) is 8.26. The summed E-state index contributed by atoms with van der Waals surface area (Å²) >= 11 is 0. The number of fused-ring (bicyclic) bond motifs is 1. The number of hydrogen-bond donors (Lipinski definition) is 0. The summed E-state index contributed by atoms with van der Waals surface area (Å²) in [5, 5.41) is 3.63. The first-order valence-electron chi connectivity index (χ1n) is 4.71. The summed E-state index contributed by atoms with van der Waals surface area (Å²) in [6.45, 7) is 2.86. The molecule has 2 rings (SSSR count). The number of aromatic nitrogens is 1. The van der Waals surface area contributed by atoms with Gasteiger partial charge in [0.15, 0.2) is 11.5 Å². The Morgan fingerprint density at radius 3 is 3.00 bits per heavy atom. The minimum atomic E-state index is -1.46. The molecule has 1 aliphatic rings. The predicted octanol–water partition coefficient (Wildman–Crippen LogP) is 2.40. The summed E-state index contributed by atoms with van der Waals surface area (Å²) in [6.07, 6.45) is 1.85. The van der Waals surface area contributed by atoms with E-state index in [1.54, 1.807) is 0 Å². The second kappa shape index (κ2) is 2.90.